The van der Waals surface area contributed by atoms with Crippen molar-refractivity contribution in [1.29, 1.82) is 5.26 Å². The van der Waals surface area contributed by atoms with Crippen LogP contribution in [0, 0.1) is 11.3 Å². The van der Waals surface area contributed by atoms with Gasteiger partial charge in [-0.3, -0.25) is 4.79 Å². The van der Waals surface area contributed by atoms with Crippen molar-refractivity contribution in [3.8, 4) is 6.07 Å². The summed E-state index contributed by atoms with van der Waals surface area (Å²) in [5.41, 5.74) is 7.59. The Morgan fingerprint density at radius 3 is 2.51 bits per heavy atom. The Morgan fingerprint density at radius 2 is 1.86 bits per heavy atom. The fourth-order valence-electron chi connectivity index (χ4n) is 3.03. The normalized spacial score (nSPS) is 10.4. The first-order valence-corrected chi connectivity index (χ1v) is 12.1. The molecule has 0 saturated heterocycles. The van der Waals surface area contributed by atoms with Crippen molar-refractivity contribution in [3.63, 3.8) is 0 Å². The van der Waals surface area contributed by atoms with E-state index in [1.807, 2.05) is 24.0 Å². The first-order chi connectivity index (χ1) is 17.8. The van der Waals surface area contributed by atoms with E-state index in [2.05, 4.69) is 28.7 Å². The minimum atomic E-state index is -0.620. The summed E-state index contributed by atoms with van der Waals surface area (Å²) in [5.74, 6) is -1.50. The van der Waals surface area contributed by atoms with Crippen molar-refractivity contribution >= 4 is 56.2 Å². The van der Waals surface area contributed by atoms with Gasteiger partial charge in [-0.2, -0.15) is 5.26 Å². The number of nitrogen functional groups attached to an aromatic ring is 1. The van der Waals surface area contributed by atoms with Crippen molar-refractivity contribution in [2.45, 2.75) is 19.8 Å². The van der Waals surface area contributed by atoms with Gasteiger partial charge in [0.1, 0.15) is 18.4 Å². The lowest BCUT2D eigenvalue weighted by Crippen LogP contribution is -2.25. The number of esters is 2. The van der Waals surface area contributed by atoms with Crippen molar-refractivity contribution < 1.29 is 23.9 Å². The summed E-state index contributed by atoms with van der Waals surface area (Å²) in [6, 6.07) is 8.79. The molecule has 0 unspecified atom stereocenters. The predicted molar refractivity (Wildman–Crippen MR) is 142 cm³/mol. The molecule has 1 aromatic carbocycles. The number of ether oxygens (including phenoxy) is 2. The number of azo groups is 1. The van der Waals surface area contributed by atoms with Crippen LogP contribution >= 0.6 is 11.3 Å². The molecule has 37 heavy (non-hydrogen) atoms. The third-order valence-corrected chi connectivity index (χ3v) is 5.67. The molecule has 0 aliphatic rings. The molecule has 194 valence electrons. The number of anilines is 3. The summed E-state index contributed by atoms with van der Waals surface area (Å²) < 4.78 is 9.90. The molecule has 12 heteroatoms. The van der Waals surface area contributed by atoms with Gasteiger partial charge in [0, 0.05) is 30.9 Å². The summed E-state index contributed by atoms with van der Waals surface area (Å²) in [5, 5.41) is 21.2. The molecule has 0 atom stereocenters. The van der Waals surface area contributed by atoms with Crippen LogP contribution in [0.2, 0.25) is 0 Å². The lowest BCUT2D eigenvalue weighted by molar-refractivity contribution is -0.139. The molecule has 1 heterocycles. The predicted octanol–water partition coefficient (Wildman–Crippen LogP) is 4.62. The van der Waals surface area contributed by atoms with E-state index in [1.54, 1.807) is 12.1 Å². The van der Waals surface area contributed by atoms with Crippen LogP contribution in [0.15, 0.2) is 59.8 Å². The largest absolute Gasteiger partial charge is 0.462 e. The summed E-state index contributed by atoms with van der Waals surface area (Å²) >= 11 is 1.12. The number of carbonyl (C=O) groups excluding carboxylic acids is 3. The van der Waals surface area contributed by atoms with Crippen LogP contribution in [0.5, 0.6) is 0 Å². The summed E-state index contributed by atoms with van der Waals surface area (Å²) in [6.07, 6.45) is 2.64. The summed E-state index contributed by atoms with van der Waals surface area (Å²) in [7, 11) is 0. The zero-order valence-electron chi connectivity index (χ0n) is 20.4. The van der Waals surface area contributed by atoms with E-state index in [0.717, 1.165) is 29.2 Å². The Kier molecular flexibility index (Phi) is 11.5. The van der Waals surface area contributed by atoms with E-state index in [1.165, 1.54) is 6.07 Å². The van der Waals surface area contributed by atoms with E-state index in [9.17, 15) is 19.6 Å². The molecular weight excluding hydrogens is 496 g/mol. The number of hydrogen-bond acceptors (Lipinski definition) is 11. The Labute approximate surface area is 218 Å². The average Bonchev–Trinajstić information content (AvgIpc) is 3.26. The smallest absolute Gasteiger partial charge is 0.330 e. The van der Waals surface area contributed by atoms with Crippen molar-refractivity contribution in [1.82, 2.24) is 0 Å². The van der Waals surface area contributed by atoms with Gasteiger partial charge >= 0.3 is 11.9 Å². The third kappa shape index (κ3) is 9.23. The molecule has 2 aromatic rings. The molecule has 0 fully saturated rings. The van der Waals surface area contributed by atoms with Gasteiger partial charge in [0.05, 0.1) is 29.3 Å². The molecule has 3 N–H and O–H groups in total. The fraction of sp³-hybridized carbons (Fsp3) is 0.280. The van der Waals surface area contributed by atoms with E-state index in [4.69, 9.17) is 15.2 Å². The second-order valence-electron chi connectivity index (χ2n) is 7.36. The minimum Gasteiger partial charge on any atom is -0.462 e. The highest BCUT2D eigenvalue weighted by Crippen LogP contribution is 2.36. The first kappa shape index (κ1) is 28.7. The van der Waals surface area contributed by atoms with E-state index < -0.39 is 17.8 Å². The highest BCUT2D eigenvalue weighted by Gasteiger charge is 2.13. The SMILES string of the molecule is C=CC(=O)OCCCN(CC)c1ccc(N=Nc2sc(N)cc2C#N)c(NC(=O)CCOC(=O)C=C)c1. The van der Waals surface area contributed by atoms with Crippen LogP contribution in [-0.4, -0.2) is 44.1 Å². The number of benzene rings is 1. The van der Waals surface area contributed by atoms with Gasteiger partial charge in [-0.25, -0.2) is 9.59 Å². The summed E-state index contributed by atoms with van der Waals surface area (Å²) in [4.78, 5) is 37.1. The van der Waals surface area contributed by atoms with Crippen molar-refractivity contribution in [2.24, 2.45) is 10.2 Å². The maximum atomic E-state index is 12.5. The highest BCUT2D eigenvalue weighted by molar-refractivity contribution is 7.19. The Hall–Kier alpha value is -4.50. The van der Waals surface area contributed by atoms with Crippen LogP contribution in [0.3, 0.4) is 0 Å². The number of carbonyl (C=O) groups is 3. The Balaban J connectivity index is 2.25. The van der Waals surface area contributed by atoms with Gasteiger partial charge in [-0.05, 0) is 37.6 Å². The van der Waals surface area contributed by atoms with Crippen LogP contribution in [0.4, 0.5) is 27.1 Å². The average molecular weight is 525 g/mol. The van der Waals surface area contributed by atoms with Crippen LogP contribution in [-0.2, 0) is 23.9 Å². The second-order valence-corrected chi connectivity index (χ2v) is 8.42. The van der Waals surface area contributed by atoms with E-state index in [-0.39, 0.29) is 19.6 Å². The van der Waals surface area contributed by atoms with Crippen LogP contribution < -0.4 is 16.0 Å². The number of nitriles is 1. The zero-order valence-corrected chi connectivity index (χ0v) is 21.3. The first-order valence-electron chi connectivity index (χ1n) is 11.3. The third-order valence-electron chi connectivity index (χ3n) is 4.83. The van der Waals surface area contributed by atoms with Crippen molar-refractivity contribution in [3.05, 3.63) is 55.1 Å². The standard InChI is InChI=1S/C25H28N6O5S/c1-4-23(33)35-12-7-11-31(6-3)18-8-9-19(29-30-25-17(16-26)14-21(27)37-25)20(15-18)28-22(32)10-13-36-24(34)5-2/h4-5,8-9,14-15H,1-2,6-7,10-13,27H2,3H3,(H,28,32). The fourth-order valence-corrected chi connectivity index (χ4v) is 3.73. The number of nitrogens with zero attached hydrogens (tertiary/aromatic N) is 4. The quantitative estimate of drug-likeness (QED) is 0.157. The van der Waals surface area contributed by atoms with Crippen LogP contribution in [0.25, 0.3) is 0 Å². The molecule has 0 aliphatic carbocycles. The molecule has 0 aliphatic heterocycles. The number of amides is 1. The lowest BCUT2D eigenvalue weighted by atomic mass is 10.2. The van der Waals surface area contributed by atoms with E-state index >= 15 is 0 Å². The number of nitrogens with one attached hydrogen (secondary N) is 1. The van der Waals surface area contributed by atoms with Crippen LogP contribution in [0.1, 0.15) is 25.3 Å². The zero-order chi connectivity index (χ0) is 27.2. The van der Waals surface area contributed by atoms with Gasteiger partial charge in [0.25, 0.3) is 0 Å². The topological polar surface area (TPSA) is 159 Å². The second kappa shape index (κ2) is 14.8. The van der Waals surface area contributed by atoms with E-state index in [0.29, 0.717) is 46.5 Å². The highest BCUT2D eigenvalue weighted by atomic mass is 32.1. The lowest BCUT2D eigenvalue weighted by Gasteiger charge is -2.24. The van der Waals surface area contributed by atoms with Gasteiger partial charge in [0.2, 0.25) is 5.91 Å². The molecule has 0 saturated carbocycles. The number of hydrogen-bond donors (Lipinski definition) is 2. The Bertz CT molecular complexity index is 1220. The van der Waals surface area contributed by atoms with Gasteiger partial charge in [-0.1, -0.05) is 24.5 Å². The van der Waals surface area contributed by atoms with Gasteiger partial charge < -0.3 is 25.4 Å². The maximum absolute atomic E-state index is 12.5. The monoisotopic (exact) mass is 524 g/mol. The number of rotatable bonds is 14. The number of nitrogens with two attached hydrogens (primary N) is 1. The molecule has 1 aromatic heterocycles. The minimum absolute atomic E-state index is 0.0768. The number of thiophene rings is 1. The maximum Gasteiger partial charge on any atom is 0.330 e. The molecule has 0 spiro atoms. The molecule has 0 radical (unpaired) electrons. The van der Waals surface area contributed by atoms with Crippen molar-refractivity contribution in [2.75, 3.05) is 42.3 Å². The molecule has 2 rings (SSSR count). The molecule has 0 bridgehead atoms. The Morgan fingerprint density at radius 1 is 1.16 bits per heavy atom. The molecule has 1 amide bonds. The molecule has 11 nitrogen and oxygen atoms in total. The molecular formula is C25H28N6O5S. The van der Waals surface area contributed by atoms with Gasteiger partial charge in [-0.15, -0.1) is 10.2 Å². The van der Waals surface area contributed by atoms with Gasteiger partial charge in [0.15, 0.2) is 5.00 Å². The summed E-state index contributed by atoms with van der Waals surface area (Å²) in [6.45, 7) is 10.0.